The van der Waals surface area contributed by atoms with E-state index >= 15 is 0 Å². The summed E-state index contributed by atoms with van der Waals surface area (Å²) in [5.41, 5.74) is 0. The Balaban J connectivity index is 1.77. The van der Waals surface area contributed by atoms with Gasteiger partial charge in [0.1, 0.15) is 11.6 Å². The monoisotopic (exact) mass is 390 g/mol. The number of likely N-dealkylation sites (N-methyl/N-ethyl adjacent to an activating group) is 1. The molecule has 7 heteroatoms. The molecule has 1 atom stereocenters. The topological polar surface area (TPSA) is 48.4 Å². The third kappa shape index (κ3) is 3.61. The first-order valence-corrected chi connectivity index (χ1v) is 8.94. The fourth-order valence-corrected chi connectivity index (χ4v) is 3.52. The van der Waals surface area contributed by atoms with E-state index in [4.69, 9.17) is 0 Å². The van der Waals surface area contributed by atoms with Crippen molar-refractivity contribution >= 4 is 33.5 Å². The van der Waals surface area contributed by atoms with Crippen molar-refractivity contribution < 1.29 is 0 Å². The molecule has 0 aromatic carbocycles. The zero-order valence-electron chi connectivity index (χ0n) is 14.4. The molecule has 2 aromatic rings. The number of aromatic nitrogens is 3. The Hall–Kier alpha value is -1.89. The summed E-state index contributed by atoms with van der Waals surface area (Å²) in [5.74, 6) is 2.72. The lowest BCUT2D eigenvalue weighted by Crippen LogP contribution is -2.47. The Labute approximate surface area is 151 Å². The summed E-state index contributed by atoms with van der Waals surface area (Å²) in [6.45, 7) is 1.97. The van der Waals surface area contributed by atoms with Gasteiger partial charge in [-0.3, -0.25) is 0 Å². The maximum atomic E-state index is 4.66. The molecule has 1 aliphatic rings. The van der Waals surface area contributed by atoms with E-state index in [-0.39, 0.29) is 0 Å². The molecule has 6 nitrogen and oxygen atoms in total. The van der Waals surface area contributed by atoms with E-state index in [0.29, 0.717) is 6.04 Å². The first-order chi connectivity index (χ1) is 11.6. The molecule has 0 spiro atoms. The van der Waals surface area contributed by atoms with Crippen LogP contribution in [-0.4, -0.2) is 55.2 Å². The van der Waals surface area contributed by atoms with Crippen LogP contribution in [0.3, 0.4) is 0 Å². The highest BCUT2D eigenvalue weighted by Gasteiger charge is 2.26. The SMILES string of the molecule is CN(C)c1nccc(N(C)C2CCCN(c3ncccc3Br)C2)n1. The zero-order chi connectivity index (χ0) is 17.1. The number of anilines is 3. The lowest BCUT2D eigenvalue weighted by molar-refractivity contribution is 0.483. The van der Waals surface area contributed by atoms with Gasteiger partial charge >= 0.3 is 0 Å². The summed E-state index contributed by atoms with van der Waals surface area (Å²) in [4.78, 5) is 20.0. The van der Waals surface area contributed by atoms with Gasteiger partial charge in [0, 0.05) is 52.7 Å². The van der Waals surface area contributed by atoms with Crippen molar-refractivity contribution in [2.24, 2.45) is 0 Å². The Morgan fingerprint density at radius 1 is 1.17 bits per heavy atom. The summed E-state index contributed by atoms with van der Waals surface area (Å²) in [6.07, 6.45) is 5.97. The highest BCUT2D eigenvalue weighted by atomic mass is 79.9. The van der Waals surface area contributed by atoms with Crippen molar-refractivity contribution in [3.63, 3.8) is 0 Å². The zero-order valence-corrected chi connectivity index (χ0v) is 15.9. The third-order valence-corrected chi connectivity index (χ3v) is 4.99. The minimum Gasteiger partial charge on any atom is -0.355 e. The molecule has 1 unspecified atom stereocenters. The van der Waals surface area contributed by atoms with E-state index in [0.717, 1.165) is 48.0 Å². The fraction of sp³-hybridized carbons (Fsp3) is 0.471. The van der Waals surface area contributed by atoms with Crippen LogP contribution in [0.15, 0.2) is 35.1 Å². The van der Waals surface area contributed by atoms with Crippen LogP contribution in [0.5, 0.6) is 0 Å². The van der Waals surface area contributed by atoms with Gasteiger partial charge in [-0.05, 0) is 47.0 Å². The quantitative estimate of drug-likeness (QED) is 0.799. The first-order valence-electron chi connectivity index (χ1n) is 8.15. The molecule has 24 heavy (non-hydrogen) atoms. The molecule has 3 heterocycles. The molecule has 1 fully saturated rings. The number of hydrogen-bond donors (Lipinski definition) is 0. The van der Waals surface area contributed by atoms with Crippen LogP contribution in [-0.2, 0) is 0 Å². The maximum Gasteiger partial charge on any atom is 0.226 e. The average molecular weight is 391 g/mol. The van der Waals surface area contributed by atoms with Crippen LogP contribution in [0.1, 0.15) is 12.8 Å². The highest BCUT2D eigenvalue weighted by molar-refractivity contribution is 9.10. The summed E-state index contributed by atoms with van der Waals surface area (Å²) in [6, 6.07) is 6.37. The van der Waals surface area contributed by atoms with E-state index in [1.54, 1.807) is 0 Å². The number of halogens is 1. The van der Waals surface area contributed by atoms with Crippen molar-refractivity contribution in [3.8, 4) is 0 Å². The molecular weight excluding hydrogens is 368 g/mol. The van der Waals surface area contributed by atoms with E-state index in [2.05, 4.69) is 47.7 Å². The second-order valence-corrected chi connectivity index (χ2v) is 7.13. The van der Waals surface area contributed by atoms with Gasteiger partial charge in [-0.15, -0.1) is 0 Å². The average Bonchev–Trinajstić information content (AvgIpc) is 2.61. The molecule has 0 N–H and O–H groups in total. The molecular formula is C17H23BrN6. The lowest BCUT2D eigenvalue weighted by Gasteiger charge is -2.39. The summed E-state index contributed by atoms with van der Waals surface area (Å²) in [5, 5.41) is 0. The van der Waals surface area contributed by atoms with Gasteiger partial charge in [-0.2, -0.15) is 4.98 Å². The van der Waals surface area contributed by atoms with Gasteiger partial charge in [0.2, 0.25) is 5.95 Å². The number of nitrogens with zero attached hydrogens (tertiary/aromatic N) is 6. The minimum absolute atomic E-state index is 0.401. The normalized spacial score (nSPS) is 17.7. The van der Waals surface area contributed by atoms with Crippen LogP contribution in [0.2, 0.25) is 0 Å². The van der Waals surface area contributed by atoms with E-state index < -0.39 is 0 Å². The molecule has 3 rings (SSSR count). The smallest absolute Gasteiger partial charge is 0.226 e. The van der Waals surface area contributed by atoms with Crippen molar-refractivity contribution in [3.05, 3.63) is 35.1 Å². The predicted octanol–water partition coefficient (Wildman–Crippen LogP) is 2.81. The molecule has 2 aromatic heterocycles. The number of pyridine rings is 1. The molecule has 0 amide bonds. The van der Waals surface area contributed by atoms with Crippen LogP contribution in [0.25, 0.3) is 0 Å². The largest absolute Gasteiger partial charge is 0.355 e. The Morgan fingerprint density at radius 3 is 2.75 bits per heavy atom. The summed E-state index contributed by atoms with van der Waals surface area (Å²) < 4.78 is 1.05. The van der Waals surface area contributed by atoms with Gasteiger partial charge in [0.25, 0.3) is 0 Å². The van der Waals surface area contributed by atoms with Crippen LogP contribution < -0.4 is 14.7 Å². The first kappa shape index (κ1) is 17.0. The Kier molecular flexibility index (Phi) is 5.18. The third-order valence-electron chi connectivity index (χ3n) is 4.37. The Bertz CT molecular complexity index is 692. The van der Waals surface area contributed by atoms with E-state index in [1.807, 2.05) is 49.6 Å². The van der Waals surface area contributed by atoms with Crippen molar-refractivity contribution in [2.75, 3.05) is 48.9 Å². The van der Waals surface area contributed by atoms with E-state index in [1.165, 1.54) is 0 Å². The maximum absolute atomic E-state index is 4.66. The lowest BCUT2D eigenvalue weighted by atomic mass is 10.0. The molecule has 0 saturated carbocycles. The summed E-state index contributed by atoms with van der Waals surface area (Å²) >= 11 is 3.62. The van der Waals surface area contributed by atoms with Gasteiger partial charge in [-0.25, -0.2) is 9.97 Å². The summed E-state index contributed by atoms with van der Waals surface area (Å²) in [7, 11) is 6.03. The predicted molar refractivity (Wildman–Crippen MR) is 102 cm³/mol. The Morgan fingerprint density at radius 2 is 2.00 bits per heavy atom. The minimum atomic E-state index is 0.401. The standard InChI is InChI=1S/C17H23BrN6/c1-22(2)17-20-10-8-15(21-17)23(3)13-6-5-11-24(12-13)16-14(18)7-4-9-19-16/h4,7-10,13H,5-6,11-12H2,1-3H3. The van der Waals surface area contributed by atoms with Crippen molar-refractivity contribution in [2.45, 2.75) is 18.9 Å². The molecule has 1 aliphatic heterocycles. The van der Waals surface area contributed by atoms with Crippen LogP contribution in [0, 0.1) is 0 Å². The molecule has 1 saturated heterocycles. The van der Waals surface area contributed by atoms with E-state index in [9.17, 15) is 0 Å². The number of rotatable bonds is 4. The van der Waals surface area contributed by atoms with Gasteiger partial charge < -0.3 is 14.7 Å². The van der Waals surface area contributed by atoms with Gasteiger partial charge in [-0.1, -0.05) is 0 Å². The van der Waals surface area contributed by atoms with Gasteiger partial charge in [0.05, 0.1) is 4.47 Å². The van der Waals surface area contributed by atoms with Crippen LogP contribution in [0.4, 0.5) is 17.6 Å². The molecule has 0 radical (unpaired) electrons. The second kappa shape index (κ2) is 7.34. The fourth-order valence-electron chi connectivity index (χ4n) is 3.01. The van der Waals surface area contributed by atoms with Crippen LogP contribution >= 0.6 is 15.9 Å². The second-order valence-electron chi connectivity index (χ2n) is 6.27. The number of hydrogen-bond acceptors (Lipinski definition) is 6. The molecule has 0 bridgehead atoms. The van der Waals surface area contributed by atoms with Crippen molar-refractivity contribution in [1.82, 2.24) is 15.0 Å². The van der Waals surface area contributed by atoms with Crippen molar-refractivity contribution in [1.29, 1.82) is 0 Å². The van der Waals surface area contributed by atoms with Gasteiger partial charge in [0.15, 0.2) is 0 Å². The highest BCUT2D eigenvalue weighted by Crippen LogP contribution is 2.28. The molecule has 128 valence electrons. The molecule has 0 aliphatic carbocycles. The number of piperidine rings is 1.